The molecule has 6 heteroatoms. The third-order valence-electron chi connectivity index (χ3n) is 6.31. The van der Waals surface area contributed by atoms with Gasteiger partial charge in [0.15, 0.2) is 0 Å². The van der Waals surface area contributed by atoms with Gasteiger partial charge in [-0.2, -0.15) is 0 Å². The van der Waals surface area contributed by atoms with Gasteiger partial charge in [0.25, 0.3) is 15.9 Å². The quantitative estimate of drug-likeness (QED) is 0.589. The van der Waals surface area contributed by atoms with Gasteiger partial charge in [0.05, 0.1) is 10.6 Å². The van der Waals surface area contributed by atoms with E-state index in [1.165, 1.54) is 17.7 Å². The number of benzene rings is 3. The topological polar surface area (TPSA) is 66.5 Å². The van der Waals surface area contributed by atoms with Crippen molar-refractivity contribution >= 4 is 21.6 Å². The van der Waals surface area contributed by atoms with Crippen molar-refractivity contribution in [2.75, 3.05) is 17.8 Å². The Morgan fingerprint density at radius 1 is 0.875 bits per heavy atom. The van der Waals surface area contributed by atoms with E-state index in [1.807, 2.05) is 36.9 Å². The molecule has 166 valence electrons. The molecule has 0 atom stereocenters. The number of anilines is 1. The van der Waals surface area contributed by atoms with E-state index in [1.54, 1.807) is 18.2 Å². The van der Waals surface area contributed by atoms with Crippen LogP contribution in [0.2, 0.25) is 0 Å². The number of likely N-dealkylation sites (tertiary alicyclic amines) is 1. The highest BCUT2D eigenvalue weighted by molar-refractivity contribution is 7.92. The van der Waals surface area contributed by atoms with Crippen LogP contribution in [0.1, 0.15) is 45.8 Å². The average molecular weight is 449 g/mol. The van der Waals surface area contributed by atoms with E-state index in [2.05, 4.69) is 29.0 Å². The number of nitrogens with one attached hydrogen (secondary N) is 1. The highest BCUT2D eigenvalue weighted by Crippen LogP contribution is 2.29. The largest absolute Gasteiger partial charge is 0.339 e. The minimum Gasteiger partial charge on any atom is -0.339 e. The molecular weight excluding hydrogens is 420 g/mol. The van der Waals surface area contributed by atoms with Crippen LogP contribution in [-0.4, -0.2) is 32.3 Å². The van der Waals surface area contributed by atoms with E-state index in [0.717, 1.165) is 24.0 Å². The lowest BCUT2D eigenvalue weighted by molar-refractivity contribution is 0.0713. The molecule has 0 unspecified atom stereocenters. The number of rotatable bonds is 5. The highest BCUT2D eigenvalue weighted by atomic mass is 32.2. The monoisotopic (exact) mass is 448 g/mol. The molecule has 0 bridgehead atoms. The van der Waals surface area contributed by atoms with Crippen LogP contribution in [0.3, 0.4) is 0 Å². The first-order chi connectivity index (χ1) is 15.3. The van der Waals surface area contributed by atoms with Gasteiger partial charge in [-0.25, -0.2) is 8.42 Å². The van der Waals surface area contributed by atoms with Crippen molar-refractivity contribution in [3.8, 4) is 0 Å². The molecule has 0 aliphatic carbocycles. The van der Waals surface area contributed by atoms with Gasteiger partial charge in [0, 0.05) is 18.7 Å². The van der Waals surface area contributed by atoms with Crippen molar-refractivity contribution in [1.82, 2.24) is 4.90 Å². The van der Waals surface area contributed by atoms with E-state index in [-0.39, 0.29) is 10.8 Å². The molecule has 1 aliphatic rings. The summed E-state index contributed by atoms with van der Waals surface area (Å²) in [7, 11) is -3.73. The predicted molar refractivity (Wildman–Crippen MR) is 127 cm³/mol. The van der Waals surface area contributed by atoms with Crippen LogP contribution in [0.15, 0.2) is 77.7 Å². The van der Waals surface area contributed by atoms with Crippen molar-refractivity contribution < 1.29 is 13.2 Å². The van der Waals surface area contributed by atoms with Gasteiger partial charge in [-0.3, -0.25) is 9.52 Å². The van der Waals surface area contributed by atoms with Crippen molar-refractivity contribution in [3.05, 3.63) is 95.1 Å². The van der Waals surface area contributed by atoms with Gasteiger partial charge in [-0.1, -0.05) is 42.5 Å². The zero-order valence-corrected chi connectivity index (χ0v) is 19.2. The lowest BCUT2D eigenvalue weighted by Crippen LogP contribution is -2.37. The molecule has 1 fully saturated rings. The van der Waals surface area contributed by atoms with Crippen LogP contribution in [0.4, 0.5) is 5.69 Å². The van der Waals surface area contributed by atoms with Gasteiger partial charge in [0.1, 0.15) is 0 Å². The van der Waals surface area contributed by atoms with Gasteiger partial charge in [-0.15, -0.1) is 0 Å². The van der Waals surface area contributed by atoms with Gasteiger partial charge in [0.2, 0.25) is 0 Å². The number of amides is 1. The van der Waals surface area contributed by atoms with E-state index in [4.69, 9.17) is 0 Å². The van der Waals surface area contributed by atoms with Crippen molar-refractivity contribution in [2.24, 2.45) is 0 Å². The first-order valence-electron chi connectivity index (χ1n) is 10.9. The number of hydrogen-bond donors (Lipinski definition) is 1. The summed E-state index contributed by atoms with van der Waals surface area (Å²) < 4.78 is 28.3. The summed E-state index contributed by atoms with van der Waals surface area (Å²) in [5, 5.41) is 0. The van der Waals surface area contributed by atoms with Crippen LogP contribution in [0.5, 0.6) is 0 Å². The molecule has 0 spiro atoms. The van der Waals surface area contributed by atoms with Gasteiger partial charge in [-0.05, 0) is 79.6 Å². The standard InChI is InChI=1S/C26H28N2O3S/c1-19-7-6-10-25(20(19)2)27-32(30,31)24-13-11-23(12-14-24)26(29)28-17-15-22(16-18-28)21-8-4-3-5-9-21/h3-14,22,27H,15-18H2,1-2H3. The molecule has 1 saturated heterocycles. The number of carbonyl (C=O) groups excluding carboxylic acids is 1. The number of nitrogens with zero attached hydrogens (tertiary/aromatic N) is 1. The van der Waals surface area contributed by atoms with Crippen LogP contribution in [-0.2, 0) is 10.0 Å². The molecule has 32 heavy (non-hydrogen) atoms. The fraction of sp³-hybridized carbons (Fsp3) is 0.269. The Bertz CT molecular complexity index is 1200. The maximum absolute atomic E-state index is 12.9. The SMILES string of the molecule is Cc1cccc(NS(=O)(=O)c2ccc(C(=O)N3CCC(c4ccccc4)CC3)cc2)c1C. The molecule has 1 heterocycles. The average Bonchev–Trinajstić information content (AvgIpc) is 2.82. The summed E-state index contributed by atoms with van der Waals surface area (Å²) in [4.78, 5) is 14.9. The number of aryl methyl sites for hydroxylation is 1. The number of sulfonamides is 1. The molecule has 1 N–H and O–H groups in total. The van der Waals surface area contributed by atoms with E-state index >= 15 is 0 Å². The fourth-order valence-corrected chi connectivity index (χ4v) is 5.29. The Morgan fingerprint density at radius 3 is 2.19 bits per heavy atom. The Hall–Kier alpha value is -3.12. The molecule has 0 radical (unpaired) electrons. The van der Waals surface area contributed by atoms with Gasteiger partial charge < -0.3 is 4.90 Å². The summed E-state index contributed by atoms with van der Waals surface area (Å²) in [6, 6.07) is 22.1. The van der Waals surface area contributed by atoms with Crippen LogP contribution >= 0.6 is 0 Å². The number of piperidine rings is 1. The summed E-state index contributed by atoms with van der Waals surface area (Å²) in [6.07, 6.45) is 1.87. The fourth-order valence-electron chi connectivity index (χ4n) is 4.17. The van der Waals surface area contributed by atoms with Crippen molar-refractivity contribution in [2.45, 2.75) is 37.5 Å². The van der Waals surface area contributed by atoms with Crippen molar-refractivity contribution in [3.63, 3.8) is 0 Å². The van der Waals surface area contributed by atoms with Crippen molar-refractivity contribution in [1.29, 1.82) is 0 Å². The predicted octanol–water partition coefficient (Wildman–Crippen LogP) is 5.12. The van der Waals surface area contributed by atoms with E-state index in [9.17, 15) is 13.2 Å². The second kappa shape index (κ2) is 9.17. The number of carbonyl (C=O) groups is 1. The molecule has 5 nitrogen and oxygen atoms in total. The van der Waals surface area contributed by atoms with Gasteiger partial charge >= 0.3 is 0 Å². The number of hydrogen-bond acceptors (Lipinski definition) is 3. The summed E-state index contributed by atoms with van der Waals surface area (Å²) in [6.45, 7) is 5.23. The Labute approximate surface area is 190 Å². The lowest BCUT2D eigenvalue weighted by Gasteiger charge is -2.32. The second-order valence-corrected chi connectivity index (χ2v) is 10.0. The maximum atomic E-state index is 12.9. The lowest BCUT2D eigenvalue weighted by atomic mass is 9.89. The second-order valence-electron chi connectivity index (χ2n) is 8.35. The molecule has 0 saturated carbocycles. The molecule has 0 aromatic heterocycles. The minimum atomic E-state index is -3.73. The first kappa shape index (κ1) is 22.1. The summed E-state index contributed by atoms with van der Waals surface area (Å²) >= 11 is 0. The minimum absolute atomic E-state index is 0.0528. The van der Waals surface area contributed by atoms with Crippen LogP contribution in [0.25, 0.3) is 0 Å². The van der Waals surface area contributed by atoms with E-state index < -0.39 is 10.0 Å². The molecule has 3 aromatic carbocycles. The third kappa shape index (κ3) is 4.70. The third-order valence-corrected chi connectivity index (χ3v) is 7.70. The molecule has 1 amide bonds. The molecule has 1 aliphatic heterocycles. The normalized spacial score (nSPS) is 14.9. The Balaban J connectivity index is 1.42. The Kier molecular flexibility index (Phi) is 6.33. The Morgan fingerprint density at radius 2 is 1.53 bits per heavy atom. The molecule has 3 aromatic rings. The summed E-state index contributed by atoms with van der Waals surface area (Å²) in [5.41, 5.74) is 4.30. The first-order valence-corrected chi connectivity index (χ1v) is 12.4. The molecular formula is C26H28N2O3S. The maximum Gasteiger partial charge on any atom is 0.261 e. The zero-order valence-electron chi connectivity index (χ0n) is 18.4. The molecule has 4 rings (SSSR count). The van der Waals surface area contributed by atoms with E-state index in [0.29, 0.717) is 30.3 Å². The van der Waals surface area contributed by atoms with Crippen LogP contribution in [0, 0.1) is 13.8 Å². The highest BCUT2D eigenvalue weighted by Gasteiger charge is 2.25. The van der Waals surface area contributed by atoms with Crippen LogP contribution < -0.4 is 4.72 Å². The zero-order chi connectivity index (χ0) is 22.7. The summed E-state index contributed by atoms with van der Waals surface area (Å²) in [5.74, 6) is 0.423. The smallest absolute Gasteiger partial charge is 0.261 e.